The van der Waals surface area contributed by atoms with Crippen LogP contribution in [0, 0.1) is 0 Å². The second-order valence-corrected chi connectivity index (χ2v) is 4.38. The average Bonchev–Trinajstić information content (AvgIpc) is 2.47. The Kier molecular flexibility index (Phi) is 2.84. The number of hydrogen-bond acceptors (Lipinski definition) is 3. The molecule has 0 atom stereocenters. The lowest BCUT2D eigenvalue weighted by Crippen LogP contribution is -1.98. The van der Waals surface area contributed by atoms with Crippen LogP contribution in [0.1, 0.15) is 10.4 Å². The fourth-order valence-corrected chi connectivity index (χ4v) is 2.07. The van der Waals surface area contributed by atoms with Crippen molar-refractivity contribution >= 4 is 16.9 Å². The van der Waals surface area contributed by atoms with Crippen molar-refractivity contribution in [2.24, 2.45) is 0 Å². The zero-order valence-corrected chi connectivity index (χ0v) is 10.4. The minimum Gasteiger partial charge on any atom is -0.478 e. The van der Waals surface area contributed by atoms with E-state index in [9.17, 15) is 9.59 Å². The van der Waals surface area contributed by atoms with Gasteiger partial charge in [0.1, 0.15) is 5.58 Å². The van der Waals surface area contributed by atoms with E-state index in [0.29, 0.717) is 11.0 Å². The Morgan fingerprint density at radius 3 is 2.35 bits per heavy atom. The summed E-state index contributed by atoms with van der Waals surface area (Å²) in [4.78, 5) is 22.6. The summed E-state index contributed by atoms with van der Waals surface area (Å²) in [5.41, 5.74) is 2.35. The van der Waals surface area contributed by atoms with Crippen LogP contribution >= 0.6 is 0 Å². The molecule has 0 bridgehead atoms. The van der Waals surface area contributed by atoms with Crippen molar-refractivity contribution in [1.29, 1.82) is 0 Å². The quantitative estimate of drug-likeness (QED) is 0.773. The van der Waals surface area contributed by atoms with Crippen LogP contribution in [0.25, 0.3) is 22.1 Å². The fourth-order valence-electron chi connectivity index (χ4n) is 2.07. The lowest BCUT2D eigenvalue weighted by atomic mass is 10.0. The molecule has 4 nitrogen and oxygen atoms in total. The summed E-state index contributed by atoms with van der Waals surface area (Å²) in [7, 11) is 0. The maximum Gasteiger partial charge on any atom is 0.335 e. The number of hydrogen-bond donors (Lipinski definition) is 1. The van der Waals surface area contributed by atoms with Crippen molar-refractivity contribution in [3.05, 3.63) is 70.6 Å². The maximum atomic E-state index is 11.8. The van der Waals surface area contributed by atoms with Gasteiger partial charge in [-0.2, -0.15) is 0 Å². The minimum atomic E-state index is -0.962. The number of carbonyl (C=O) groups is 1. The van der Waals surface area contributed by atoms with E-state index < -0.39 is 5.97 Å². The van der Waals surface area contributed by atoms with Gasteiger partial charge in [-0.15, -0.1) is 0 Å². The summed E-state index contributed by atoms with van der Waals surface area (Å²) in [6.45, 7) is 0. The van der Waals surface area contributed by atoms with Crippen LogP contribution in [0.15, 0.2) is 64.0 Å². The van der Waals surface area contributed by atoms with Gasteiger partial charge in [-0.3, -0.25) is 4.79 Å². The van der Waals surface area contributed by atoms with Gasteiger partial charge in [0.15, 0.2) is 5.43 Å². The molecule has 0 fully saturated rings. The molecule has 1 aromatic heterocycles. The minimum absolute atomic E-state index is 0.102. The van der Waals surface area contributed by atoms with Gasteiger partial charge in [0.2, 0.25) is 0 Å². The van der Waals surface area contributed by atoms with Crippen molar-refractivity contribution in [1.82, 2.24) is 0 Å². The molecule has 0 amide bonds. The molecule has 0 unspecified atom stereocenters. The summed E-state index contributed by atoms with van der Waals surface area (Å²) in [6, 6.07) is 13.2. The van der Waals surface area contributed by atoms with Crippen LogP contribution < -0.4 is 5.43 Å². The van der Waals surface area contributed by atoms with E-state index in [-0.39, 0.29) is 11.0 Å². The van der Waals surface area contributed by atoms with Gasteiger partial charge in [-0.05, 0) is 35.4 Å². The van der Waals surface area contributed by atoms with E-state index in [1.54, 1.807) is 24.3 Å². The van der Waals surface area contributed by atoms with E-state index in [4.69, 9.17) is 9.52 Å². The number of fused-ring (bicyclic) bond motifs is 1. The topological polar surface area (TPSA) is 67.5 Å². The van der Waals surface area contributed by atoms with E-state index in [2.05, 4.69) is 0 Å². The predicted molar refractivity (Wildman–Crippen MR) is 74.9 cm³/mol. The van der Waals surface area contributed by atoms with Crippen molar-refractivity contribution < 1.29 is 14.3 Å². The Morgan fingerprint density at radius 2 is 1.65 bits per heavy atom. The van der Waals surface area contributed by atoms with Gasteiger partial charge in [0, 0.05) is 6.07 Å². The van der Waals surface area contributed by atoms with Crippen LogP contribution in [0.5, 0.6) is 0 Å². The highest BCUT2D eigenvalue weighted by Crippen LogP contribution is 2.23. The summed E-state index contributed by atoms with van der Waals surface area (Å²) in [5.74, 6) is -0.962. The molecule has 0 aliphatic carbocycles. The van der Waals surface area contributed by atoms with Gasteiger partial charge >= 0.3 is 5.97 Å². The molecule has 1 N–H and O–H groups in total. The number of carboxylic acids is 1. The molecule has 0 saturated carbocycles. The second kappa shape index (κ2) is 4.66. The molecule has 2 aromatic carbocycles. The molecular weight excluding hydrogens is 256 g/mol. The summed E-state index contributed by atoms with van der Waals surface area (Å²) >= 11 is 0. The molecule has 3 rings (SSSR count). The first kappa shape index (κ1) is 12.2. The highest BCUT2D eigenvalue weighted by Gasteiger charge is 2.05. The van der Waals surface area contributed by atoms with E-state index in [0.717, 1.165) is 11.1 Å². The van der Waals surface area contributed by atoms with Gasteiger partial charge in [0.05, 0.1) is 17.2 Å². The molecule has 20 heavy (non-hydrogen) atoms. The summed E-state index contributed by atoms with van der Waals surface area (Å²) in [6.07, 6.45) is 1.37. The molecule has 0 spiro atoms. The Labute approximate surface area is 113 Å². The second-order valence-electron chi connectivity index (χ2n) is 4.38. The van der Waals surface area contributed by atoms with Crippen LogP contribution in [-0.2, 0) is 0 Å². The number of benzene rings is 2. The number of carboxylic acid groups (broad SMARTS) is 1. The Morgan fingerprint density at radius 1 is 0.950 bits per heavy atom. The van der Waals surface area contributed by atoms with Crippen molar-refractivity contribution in [2.75, 3.05) is 0 Å². The Bertz CT molecular complexity index is 844. The fraction of sp³-hybridized carbons (Fsp3) is 0. The van der Waals surface area contributed by atoms with Crippen LogP contribution in [0.4, 0.5) is 0 Å². The number of aromatic carboxylic acids is 1. The van der Waals surface area contributed by atoms with Crippen LogP contribution in [-0.4, -0.2) is 11.1 Å². The largest absolute Gasteiger partial charge is 0.478 e. The van der Waals surface area contributed by atoms with Crippen LogP contribution in [0.2, 0.25) is 0 Å². The molecule has 0 saturated heterocycles. The van der Waals surface area contributed by atoms with Gasteiger partial charge < -0.3 is 9.52 Å². The molecule has 4 heteroatoms. The Balaban J connectivity index is 2.12. The normalized spacial score (nSPS) is 10.6. The molecule has 0 aliphatic rings. The lowest BCUT2D eigenvalue weighted by Gasteiger charge is -2.03. The zero-order chi connectivity index (χ0) is 14.1. The SMILES string of the molecule is O=C(O)c1ccc(-c2ccc3occc(=O)c3c2)cc1. The predicted octanol–water partition coefficient (Wildman–Crippen LogP) is 3.16. The maximum absolute atomic E-state index is 11.8. The first-order valence-electron chi connectivity index (χ1n) is 6.00. The van der Waals surface area contributed by atoms with Gasteiger partial charge in [-0.1, -0.05) is 18.2 Å². The Hall–Kier alpha value is -2.88. The van der Waals surface area contributed by atoms with Gasteiger partial charge in [0.25, 0.3) is 0 Å². The van der Waals surface area contributed by atoms with E-state index in [1.807, 2.05) is 6.07 Å². The highest BCUT2D eigenvalue weighted by molar-refractivity contribution is 5.89. The molecule has 1 heterocycles. The molecular formula is C16H10O4. The smallest absolute Gasteiger partial charge is 0.335 e. The monoisotopic (exact) mass is 266 g/mol. The third-order valence-corrected chi connectivity index (χ3v) is 3.12. The first-order valence-corrected chi connectivity index (χ1v) is 6.00. The standard InChI is InChI=1S/C16H10O4/c17-14-7-8-20-15-6-5-12(9-13(14)15)10-1-3-11(4-2-10)16(18)19/h1-9H,(H,18,19). The highest BCUT2D eigenvalue weighted by atomic mass is 16.4. The van der Waals surface area contributed by atoms with Crippen LogP contribution in [0.3, 0.4) is 0 Å². The molecule has 98 valence electrons. The van der Waals surface area contributed by atoms with E-state index in [1.165, 1.54) is 24.5 Å². The first-order chi connectivity index (χ1) is 9.65. The number of rotatable bonds is 2. The third kappa shape index (κ3) is 2.07. The van der Waals surface area contributed by atoms with Crippen molar-refractivity contribution in [2.45, 2.75) is 0 Å². The lowest BCUT2D eigenvalue weighted by molar-refractivity contribution is 0.0697. The average molecular weight is 266 g/mol. The third-order valence-electron chi connectivity index (χ3n) is 3.12. The van der Waals surface area contributed by atoms with Crippen molar-refractivity contribution in [3.8, 4) is 11.1 Å². The van der Waals surface area contributed by atoms with Gasteiger partial charge in [-0.25, -0.2) is 4.79 Å². The molecule has 0 aliphatic heterocycles. The molecule has 3 aromatic rings. The summed E-state index contributed by atoms with van der Waals surface area (Å²) in [5, 5.41) is 9.38. The summed E-state index contributed by atoms with van der Waals surface area (Å²) < 4.78 is 5.26. The van der Waals surface area contributed by atoms with E-state index >= 15 is 0 Å². The van der Waals surface area contributed by atoms with Crippen molar-refractivity contribution in [3.63, 3.8) is 0 Å². The zero-order valence-electron chi connectivity index (χ0n) is 10.4. The molecule has 0 radical (unpaired) electrons.